The van der Waals surface area contributed by atoms with Crippen molar-refractivity contribution in [2.75, 3.05) is 7.05 Å². The Kier molecular flexibility index (Phi) is 3.32. The van der Waals surface area contributed by atoms with Gasteiger partial charge in [0, 0.05) is 21.3 Å². The molecule has 0 aromatic heterocycles. The molecule has 1 aromatic carbocycles. The summed E-state index contributed by atoms with van der Waals surface area (Å²) in [6.07, 6.45) is -4.97. The van der Waals surface area contributed by atoms with Gasteiger partial charge in [-0.1, -0.05) is 11.6 Å². The molecule has 1 rings (SSSR count). The van der Waals surface area contributed by atoms with Gasteiger partial charge in [0.15, 0.2) is 7.05 Å². The SMILES string of the molecule is C[N+](=O)c1cc(C(=O)C(F)(F)F)ccc1Cl. The first kappa shape index (κ1) is 12.6. The molecule has 0 bridgehead atoms. The Balaban J connectivity index is 3.24. The second kappa shape index (κ2) is 4.21. The molecule has 0 spiro atoms. The monoisotopic (exact) mass is 252 g/mol. The van der Waals surface area contributed by atoms with E-state index in [9.17, 15) is 22.9 Å². The van der Waals surface area contributed by atoms with Crippen molar-refractivity contribution in [1.82, 2.24) is 0 Å². The molecule has 3 nitrogen and oxygen atoms in total. The molecule has 0 fully saturated rings. The van der Waals surface area contributed by atoms with Crippen molar-refractivity contribution < 1.29 is 22.7 Å². The summed E-state index contributed by atoms with van der Waals surface area (Å²) >= 11 is 5.58. The van der Waals surface area contributed by atoms with Gasteiger partial charge in [0.25, 0.3) is 11.5 Å². The van der Waals surface area contributed by atoms with Crippen molar-refractivity contribution in [3.63, 3.8) is 0 Å². The molecule has 0 aliphatic rings. The molecular weight excluding hydrogens is 247 g/mol. The topological polar surface area (TPSA) is 37.1 Å². The van der Waals surface area contributed by atoms with E-state index in [1.54, 1.807) is 0 Å². The van der Waals surface area contributed by atoms with E-state index in [0.29, 0.717) is 0 Å². The minimum Gasteiger partial charge on any atom is -0.284 e. The highest BCUT2D eigenvalue weighted by Crippen LogP contribution is 2.28. The number of ketones is 1. The van der Waals surface area contributed by atoms with E-state index < -0.39 is 17.5 Å². The molecule has 16 heavy (non-hydrogen) atoms. The summed E-state index contributed by atoms with van der Waals surface area (Å²) in [6.45, 7) is 0. The lowest BCUT2D eigenvalue weighted by Crippen LogP contribution is -2.22. The van der Waals surface area contributed by atoms with Crippen molar-refractivity contribution in [1.29, 1.82) is 0 Å². The summed E-state index contributed by atoms with van der Waals surface area (Å²) in [5.74, 6) is -2.01. The third kappa shape index (κ3) is 2.57. The Labute approximate surface area is 93.4 Å². The summed E-state index contributed by atoms with van der Waals surface area (Å²) < 4.78 is 36.6. The molecule has 0 N–H and O–H groups in total. The van der Waals surface area contributed by atoms with Gasteiger partial charge in [-0.3, -0.25) is 4.79 Å². The molecule has 0 radical (unpaired) electrons. The normalized spacial score (nSPS) is 11.3. The standard InChI is InChI=1S/C9H6ClF3NO2/c1-14(16)7-4-5(2-3-6(7)10)8(15)9(11,12)13/h2-4H,1H3/q+1. The molecule has 0 heterocycles. The highest BCUT2D eigenvalue weighted by atomic mass is 35.5. The number of Topliss-reactive ketones (excluding diaryl/α,β-unsaturated/α-hetero) is 1. The zero-order chi connectivity index (χ0) is 12.5. The third-order valence-corrected chi connectivity index (χ3v) is 2.12. The predicted octanol–water partition coefficient (Wildman–Crippen LogP) is 3.13. The van der Waals surface area contributed by atoms with Gasteiger partial charge < -0.3 is 0 Å². The van der Waals surface area contributed by atoms with Gasteiger partial charge in [0.05, 0.1) is 0 Å². The largest absolute Gasteiger partial charge is 0.454 e. The lowest BCUT2D eigenvalue weighted by Gasteiger charge is -2.04. The number of hydrogen-bond acceptors (Lipinski definition) is 2. The average molecular weight is 253 g/mol. The van der Waals surface area contributed by atoms with Crippen molar-refractivity contribution in [3.05, 3.63) is 33.7 Å². The second-order valence-electron chi connectivity index (χ2n) is 2.99. The number of rotatable bonds is 2. The van der Waals surface area contributed by atoms with Crippen LogP contribution < -0.4 is 0 Å². The van der Waals surface area contributed by atoms with Crippen LogP contribution in [0.25, 0.3) is 0 Å². The predicted molar refractivity (Wildman–Crippen MR) is 51.0 cm³/mol. The van der Waals surface area contributed by atoms with Gasteiger partial charge >= 0.3 is 6.18 Å². The van der Waals surface area contributed by atoms with Gasteiger partial charge in [-0.05, 0) is 12.1 Å². The van der Waals surface area contributed by atoms with E-state index in [4.69, 9.17) is 11.6 Å². The van der Waals surface area contributed by atoms with Crippen molar-refractivity contribution in [3.8, 4) is 0 Å². The lowest BCUT2D eigenvalue weighted by atomic mass is 10.1. The van der Waals surface area contributed by atoms with E-state index in [1.165, 1.54) is 0 Å². The Hall–Kier alpha value is -1.43. The molecule has 7 heteroatoms. The minimum absolute atomic E-state index is 0.0174. The first-order valence-corrected chi connectivity index (χ1v) is 4.43. The van der Waals surface area contributed by atoms with Crippen LogP contribution in [0.1, 0.15) is 10.4 Å². The molecule has 0 amide bonds. The van der Waals surface area contributed by atoms with Crippen molar-refractivity contribution in [2.24, 2.45) is 0 Å². The third-order valence-electron chi connectivity index (χ3n) is 1.81. The van der Waals surface area contributed by atoms with Crippen LogP contribution in [0.3, 0.4) is 0 Å². The van der Waals surface area contributed by atoms with Crippen LogP contribution in [0, 0.1) is 4.91 Å². The number of carbonyl (C=O) groups is 1. The Morgan fingerprint density at radius 1 is 1.38 bits per heavy atom. The van der Waals surface area contributed by atoms with E-state index in [2.05, 4.69) is 0 Å². The van der Waals surface area contributed by atoms with Crippen molar-refractivity contribution in [2.45, 2.75) is 6.18 Å². The first-order chi connectivity index (χ1) is 7.23. The van der Waals surface area contributed by atoms with Crippen molar-refractivity contribution >= 4 is 23.1 Å². The first-order valence-electron chi connectivity index (χ1n) is 4.05. The summed E-state index contributed by atoms with van der Waals surface area (Å²) in [4.78, 5) is 21.8. The van der Waals surface area contributed by atoms with Crippen LogP contribution >= 0.6 is 11.6 Å². The zero-order valence-electron chi connectivity index (χ0n) is 8.01. The van der Waals surface area contributed by atoms with E-state index in [0.717, 1.165) is 25.2 Å². The number of nitrogens with zero attached hydrogens (tertiary/aromatic N) is 1. The Bertz CT molecular complexity index is 457. The second-order valence-corrected chi connectivity index (χ2v) is 3.40. The molecule has 0 atom stereocenters. The van der Waals surface area contributed by atoms with Crippen LogP contribution in [0.5, 0.6) is 0 Å². The fourth-order valence-corrected chi connectivity index (χ4v) is 1.30. The van der Waals surface area contributed by atoms with Crippen LogP contribution in [0.15, 0.2) is 18.2 Å². The Morgan fingerprint density at radius 2 is 1.94 bits per heavy atom. The molecule has 0 saturated heterocycles. The van der Waals surface area contributed by atoms with Gasteiger partial charge in [-0.2, -0.15) is 13.2 Å². The van der Waals surface area contributed by atoms with Crippen LogP contribution in [0.2, 0.25) is 5.02 Å². The molecule has 0 aliphatic heterocycles. The number of hydrogen-bond donors (Lipinski definition) is 0. The van der Waals surface area contributed by atoms with Crippen LogP contribution in [-0.4, -0.2) is 23.8 Å². The molecule has 0 aliphatic carbocycles. The number of alkyl halides is 3. The highest BCUT2D eigenvalue weighted by Gasteiger charge is 2.39. The number of halogens is 4. The van der Waals surface area contributed by atoms with E-state index in [-0.39, 0.29) is 15.5 Å². The van der Waals surface area contributed by atoms with Gasteiger partial charge in [-0.25, -0.2) is 0 Å². The number of carbonyl (C=O) groups excluding carboxylic acids is 1. The van der Waals surface area contributed by atoms with Gasteiger partial charge in [-0.15, -0.1) is 0 Å². The molecular formula is C9H6ClF3NO2+. The minimum atomic E-state index is -4.97. The fraction of sp³-hybridized carbons (Fsp3) is 0.222. The molecule has 1 aromatic rings. The summed E-state index contributed by atoms with van der Waals surface area (Å²) in [7, 11) is 1.07. The summed E-state index contributed by atoms with van der Waals surface area (Å²) in [6, 6.07) is 2.81. The summed E-state index contributed by atoms with van der Waals surface area (Å²) in [5, 5.41) is -0.0174. The van der Waals surface area contributed by atoms with E-state index in [1.807, 2.05) is 0 Å². The average Bonchev–Trinajstić information content (AvgIpc) is 2.15. The Morgan fingerprint density at radius 3 is 2.38 bits per heavy atom. The molecule has 86 valence electrons. The maximum Gasteiger partial charge on any atom is 0.454 e. The van der Waals surface area contributed by atoms with E-state index >= 15 is 0 Å². The maximum absolute atomic E-state index is 12.1. The maximum atomic E-state index is 12.1. The van der Waals surface area contributed by atoms with Gasteiger partial charge in [0.1, 0.15) is 5.02 Å². The smallest absolute Gasteiger partial charge is 0.284 e. The zero-order valence-corrected chi connectivity index (χ0v) is 8.76. The number of benzene rings is 1. The highest BCUT2D eigenvalue weighted by molar-refractivity contribution is 6.32. The molecule has 0 unspecified atom stereocenters. The van der Waals surface area contributed by atoms with Crippen LogP contribution in [0.4, 0.5) is 18.9 Å². The molecule has 0 saturated carbocycles. The van der Waals surface area contributed by atoms with Crippen LogP contribution in [-0.2, 0) is 0 Å². The summed E-state index contributed by atoms with van der Waals surface area (Å²) in [5.41, 5.74) is -0.800. The number of nitroso groups, excluding NO2 is 1. The lowest BCUT2D eigenvalue weighted by molar-refractivity contribution is -0.428. The van der Waals surface area contributed by atoms with Gasteiger partial charge in [0.2, 0.25) is 0 Å². The quantitative estimate of drug-likeness (QED) is 0.599. The fourth-order valence-electron chi connectivity index (χ4n) is 1.06.